The largest absolute Gasteiger partial charge is 0.443 e. The fraction of sp³-hybridized carbons (Fsp3) is 0.381. The van der Waals surface area contributed by atoms with Crippen LogP contribution in [0.15, 0.2) is 54.6 Å². The summed E-state index contributed by atoms with van der Waals surface area (Å²) in [7, 11) is 0. The van der Waals surface area contributed by atoms with Crippen molar-refractivity contribution in [1.82, 2.24) is 0 Å². The molecule has 0 bridgehead atoms. The minimum atomic E-state index is -0.527. The van der Waals surface area contributed by atoms with Gasteiger partial charge in [0.1, 0.15) is 5.60 Å². The highest BCUT2D eigenvalue weighted by Gasteiger charge is 2.43. The van der Waals surface area contributed by atoms with Crippen molar-refractivity contribution in [3.05, 3.63) is 65.7 Å². The molecule has 0 radical (unpaired) electrons. The summed E-state index contributed by atoms with van der Waals surface area (Å²) in [5.74, 6) is 0. The summed E-state index contributed by atoms with van der Waals surface area (Å²) in [6.45, 7) is 7.84. The van der Waals surface area contributed by atoms with Gasteiger partial charge in [-0.05, 0) is 57.7 Å². The Hall–Kier alpha value is -2.29. The molecule has 126 valence electrons. The summed E-state index contributed by atoms with van der Waals surface area (Å²) in [6, 6.07) is 18.3. The van der Waals surface area contributed by atoms with E-state index in [1.165, 1.54) is 5.56 Å². The number of aryl methyl sites for hydroxylation is 1. The molecule has 3 rings (SSSR count). The number of benzene rings is 2. The van der Waals surface area contributed by atoms with Crippen LogP contribution < -0.4 is 4.90 Å². The Balaban J connectivity index is 2.10. The predicted molar refractivity (Wildman–Crippen MR) is 97.3 cm³/mol. The highest BCUT2D eigenvalue weighted by Crippen LogP contribution is 2.43. The molecule has 0 spiro atoms. The standard InChI is InChI=1S/C21H25NO2/c1-20(2,3)24-19(23)22-18-13-9-8-10-16(18)14-15-21(22,4)17-11-6-5-7-12-17/h5-13H,14-15H2,1-4H3. The molecule has 2 aromatic rings. The van der Waals surface area contributed by atoms with E-state index < -0.39 is 11.1 Å². The van der Waals surface area contributed by atoms with Crippen LogP contribution in [0.4, 0.5) is 10.5 Å². The number of rotatable bonds is 1. The smallest absolute Gasteiger partial charge is 0.415 e. The first-order valence-corrected chi connectivity index (χ1v) is 8.48. The van der Waals surface area contributed by atoms with Crippen LogP contribution in [0.5, 0.6) is 0 Å². The normalized spacial score (nSPS) is 20.4. The van der Waals surface area contributed by atoms with E-state index in [-0.39, 0.29) is 6.09 Å². The average molecular weight is 323 g/mol. The molecule has 1 aliphatic heterocycles. The van der Waals surface area contributed by atoms with Crippen LogP contribution >= 0.6 is 0 Å². The molecule has 0 saturated heterocycles. The molecule has 3 nitrogen and oxygen atoms in total. The number of hydrogen-bond acceptors (Lipinski definition) is 2. The first-order valence-electron chi connectivity index (χ1n) is 8.48. The molecule has 0 saturated carbocycles. The lowest BCUT2D eigenvalue weighted by Gasteiger charge is -2.46. The number of carbonyl (C=O) groups is 1. The summed E-state index contributed by atoms with van der Waals surface area (Å²) < 4.78 is 5.74. The van der Waals surface area contributed by atoms with Gasteiger partial charge in [0.2, 0.25) is 0 Å². The van der Waals surface area contributed by atoms with E-state index in [0.717, 1.165) is 24.1 Å². The van der Waals surface area contributed by atoms with E-state index in [1.54, 1.807) is 0 Å². The summed E-state index contributed by atoms with van der Waals surface area (Å²) in [6.07, 6.45) is 1.52. The third-order valence-corrected chi connectivity index (χ3v) is 4.58. The topological polar surface area (TPSA) is 29.5 Å². The van der Waals surface area contributed by atoms with Gasteiger partial charge in [0.15, 0.2) is 0 Å². The Labute approximate surface area is 144 Å². The highest BCUT2D eigenvalue weighted by atomic mass is 16.6. The maximum absolute atomic E-state index is 13.1. The van der Waals surface area contributed by atoms with Crippen molar-refractivity contribution in [1.29, 1.82) is 0 Å². The maximum atomic E-state index is 13.1. The van der Waals surface area contributed by atoms with Crippen LogP contribution in [0.3, 0.4) is 0 Å². The van der Waals surface area contributed by atoms with Gasteiger partial charge in [-0.25, -0.2) is 4.79 Å². The van der Waals surface area contributed by atoms with E-state index in [1.807, 2.05) is 62.1 Å². The molecule has 1 atom stereocenters. The molecule has 1 unspecified atom stereocenters. The van der Waals surface area contributed by atoms with Gasteiger partial charge in [0.25, 0.3) is 0 Å². The third-order valence-electron chi connectivity index (χ3n) is 4.58. The van der Waals surface area contributed by atoms with Gasteiger partial charge in [-0.2, -0.15) is 0 Å². The number of ether oxygens (including phenoxy) is 1. The predicted octanol–water partition coefficient (Wildman–Crippen LogP) is 5.29. The number of hydrogen-bond donors (Lipinski definition) is 0. The molecule has 3 heteroatoms. The summed E-state index contributed by atoms with van der Waals surface area (Å²) in [5, 5.41) is 0. The van der Waals surface area contributed by atoms with Crippen LogP contribution in [0.2, 0.25) is 0 Å². The van der Waals surface area contributed by atoms with Gasteiger partial charge in [0, 0.05) is 0 Å². The van der Waals surface area contributed by atoms with Gasteiger partial charge < -0.3 is 4.74 Å². The lowest BCUT2D eigenvalue weighted by atomic mass is 9.80. The Morgan fingerprint density at radius 2 is 1.67 bits per heavy atom. The second-order valence-electron chi connectivity index (χ2n) is 7.58. The van der Waals surface area contributed by atoms with Crippen LogP contribution in [0, 0.1) is 0 Å². The van der Waals surface area contributed by atoms with Crippen molar-refractivity contribution in [3.8, 4) is 0 Å². The van der Waals surface area contributed by atoms with Crippen molar-refractivity contribution in [2.45, 2.75) is 51.7 Å². The quantitative estimate of drug-likeness (QED) is 0.713. The molecule has 0 aromatic heterocycles. The zero-order chi connectivity index (χ0) is 17.4. The maximum Gasteiger partial charge on any atom is 0.415 e. The number of para-hydroxylation sites is 1. The molecule has 24 heavy (non-hydrogen) atoms. The first-order chi connectivity index (χ1) is 11.3. The fourth-order valence-corrected chi connectivity index (χ4v) is 3.37. The average Bonchev–Trinajstić information content (AvgIpc) is 2.53. The minimum absolute atomic E-state index is 0.291. The third kappa shape index (κ3) is 3.03. The van der Waals surface area contributed by atoms with Crippen molar-refractivity contribution in [2.75, 3.05) is 4.90 Å². The molecule has 0 aliphatic carbocycles. The Morgan fingerprint density at radius 3 is 2.33 bits per heavy atom. The molecular formula is C21H25NO2. The Kier molecular flexibility index (Phi) is 4.12. The van der Waals surface area contributed by atoms with E-state index in [0.29, 0.717) is 0 Å². The fourth-order valence-electron chi connectivity index (χ4n) is 3.37. The van der Waals surface area contributed by atoms with Crippen LogP contribution in [0.25, 0.3) is 0 Å². The van der Waals surface area contributed by atoms with Gasteiger partial charge in [0.05, 0.1) is 11.2 Å². The molecule has 1 heterocycles. The highest BCUT2D eigenvalue weighted by molar-refractivity contribution is 5.91. The number of fused-ring (bicyclic) bond motifs is 1. The number of anilines is 1. The summed E-state index contributed by atoms with van der Waals surface area (Å²) in [5.41, 5.74) is 2.32. The zero-order valence-electron chi connectivity index (χ0n) is 14.9. The summed E-state index contributed by atoms with van der Waals surface area (Å²) in [4.78, 5) is 14.9. The Bertz CT molecular complexity index is 733. The monoisotopic (exact) mass is 323 g/mol. The number of amides is 1. The van der Waals surface area contributed by atoms with Crippen molar-refractivity contribution in [3.63, 3.8) is 0 Å². The molecule has 0 N–H and O–H groups in total. The SMILES string of the molecule is CC(C)(C)OC(=O)N1c2ccccc2CCC1(C)c1ccccc1. The van der Waals surface area contributed by atoms with Crippen molar-refractivity contribution in [2.24, 2.45) is 0 Å². The lowest BCUT2D eigenvalue weighted by Crippen LogP contribution is -2.52. The molecular weight excluding hydrogens is 298 g/mol. The first kappa shape index (κ1) is 16.6. The van der Waals surface area contributed by atoms with Crippen LogP contribution in [-0.2, 0) is 16.7 Å². The van der Waals surface area contributed by atoms with Gasteiger partial charge in [-0.1, -0.05) is 48.5 Å². The zero-order valence-corrected chi connectivity index (χ0v) is 14.9. The van der Waals surface area contributed by atoms with Crippen LogP contribution in [0.1, 0.15) is 45.2 Å². The Morgan fingerprint density at radius 1 is 1.04 bits per heavy atom. The minimum Gasteiger partial charge on any atom is -0.443 e. The molecule has 2 aromatic carbocycles. The van der Waals surface area contributed by atoms with Gasteiger partial charge in [-0.3, -0.25) is 4.90 Å². The van der Waals surface area contributed by atoms with Gasteiger partial charge in [-0.15, -0.1) is 0 Å². The van der Waals surface area contributed by atoms with Crippen molar-refractivity contribution < 1.29 is 9.53 Å². The van der Waals surface area contributed by atoms with Gasteiger partial charge >= 0.3 is 6.09 Å². The van der Waals surface area contributed by atoms with E-state index in [2.05, 4.69) is 25.1 Å². The number of carbonyl (C=O) groups excluding carboxylic acids is 1. The second-order valence-corrected chi connectivity index (χ2v) is 7.58. The molecule has 1 amide bonds. The molecule has 0 fully saturated rings. The summed E-state index contributed by atoms with van der Waals surface area (Å²) >= 11 is 0. The van der Waals surface area contributed by atoms with E-state index in [9.17, 15) is 4.79 Å². The number of nitrogens with zero attached hydrogens (tertiary/aromatic N) is 1. The van der Waals surface area contributed by atoms with Crippen LogP contribution in [-0.4, -0.2) is 11.7 Å². The van der Waals surface area contributed by atoms with Crippen molar-refractivity contribution >= 4 is 11.8 Å². The van der Waals surface area contributed by atoms with E-state index >= 15 is 0 Å². The van der Waals surface area contributed by atoms with E-state index in [4.69, 9.17) is 4.74 Å². The molecule has 1 aliphatic rings. The lowest BCUT2D eigenvalue weighted by molar-refractivity contribution is 0.0530. The second kappa shape index (κ2) is 5.97.